The molecule has 2 atom stereocenters. The van der Waals surface area contributed by atoms with Crippen LogP contribution in [0.1, 0.15) is 31.9 Å². The predicted octanol–water partition coefficient (Wildman–Crippen LogP) is 2.50. The standard InChI is InChI=1S/C16H22N2O3/c1-11(2)14(12-6-4-3-5-7-12)17-16(21)18-9-8-13(10-18)15(19)20/h3-7,11,13-14H,8-10H2,1-2H3,(H,17,21)(H,19,20). The Morgan fingerprint density at radius 3 is 2.48 bits per heavy atom. The number of carbonyl (C=O) groups is 2. The first-order valence-corrected chi connectivity index (χ1v) is 7.32. The Balaban J connectivity index is 2.01. The number of carboxylic acid groups (broad SMARTS) is 1. The number of benzene rings is 1. The summed E-state index contributed by atoms with van der Waals surface area (Å²) in [5.74, 6) is -1.01. The summed E-state index contributed by atoms with van der Waals surface area (Å²) in [6, 6.07) is 9.59. The number of amides is 2. The molecule has 2 amide bonds. The zero-order valence-corrected chi connectivity index (χ0v) is 12.5. The summed E-state index contributed by atoms with van der Waals surface area (Å²) in [5, 5.41) is 12.0. The lowest BCUT2D eigenvalue weighted by atomic mass is 9.96. The second-order valence-electron chi connectivity index (χ2n) is 5.85. The van der Waals surface area contributed by atoms with Crippen molar-refractivity contribution in [2.45, 2.75) is 26.3 Å². The van der Waals surface area contributed by atoms with Gasteiger partial charge in [0.25, 0.3) is 0 Å². The summed E-state index contributed by atoms with van der Waals surface area (Å²) >= 11 is 0. The third-order valence-corrected chi connectivity index (χ3v) is 3.93. The third kappa shape index (κ3) is 3.74. The molecular weight excluding hydrogens is 268 g/mol. The van der Waals surface area contributed by atoms with Crippen molar-refractivity contribution in [3.8, 4) is 0 Å². The van der Waals surface area contributed by atoms with Crippen molar-refractivity contribution in [2.24, 2.45) is 11.8 Å². The van der Waals surface area contributed by atoms with Crippen molar-refractivity contribution in [3.05, 3.63) is 35.9 Å². The van der Waals surface area contributed by atoms with Gasteiger partial charge in [-0.25, -0.2) is 4.79 Å². The maximum Gasteiger partial charge on any atom is 0.317 e. The van der Waals surface area contributed by atoms with Gasteiger partial charge in [-0.05, 0) is 17.9 Å². The van der Waals surface area contributed by atoms with Crippen LogP contribution in [0.25, 0.3) is 0 Å². The van der Waals surface area contributed by atoms with Gasteiger partial charge in [0.15, 0.2) is 0 Å². The van der Waals surface area contributed by atoms with Crippen LogP contribution in [-0.2, 0) is 4.79 Å². The highest BCUT2D eigenvalue weighted by atomic mass is 16.4. The fraction of sp³-hybridized carbons (Fsp3) is 0.500. The molecule has 114 valence electrons. The fourth-order valence-electron chi connectivity index (χ4n) is 2.67. The first-order chi connectivity index (χ1) is 9.99. The normalized spacial score (nSPS) is 19.6. The molecule has 5 nitrogen and oxygen atoms in total. The summed E-state index contributed by atoms with van der Waals surface area (Å²) in [6.07, 6.45) is 0.528. The predicted molar refractivity (Wildman–Crippen MR) is 79.9 cm³/mol. The van der Waals surface area contributed by atoms with Crippen molar-refractivity contribution in [1.82, 2.24) is 10.2 Å². The summed E-state index contributed by atoms with van der Waals surface area (Å²) in [6.45, 7) is 4.91. The average molecular weight is 290 g/mol. The molecular formula is C16H22N2O3. The molecule has 5 heteroatoms. The number of nitrogens with zero attached hydrogens (tertiary/aromatic N) is 1. The zero-order chi connectivity index (χ0) is 15.4. The van der Waals surface area contributed by atoms with Gasteiger partial charge in [0.1, 0.15) is 0 Å². The van der Waals surface area contributed by atoms with E-state index >= 15 is 0 Å². The first kappa shape index (κ1) is 15.4. The van der Waals surface area contributed by atoms with Gasteiger partial charge < -0.3 is 15.3 Å². The van der Waals surface area contributed by atoms with Gasteiger partial charge in [0.05, 0.1) is 12.0 Å². The number of urea groups is 1. The van der Waals surface area contributed by atoms with E-state index < -0.39 is 11.9 Å². The molecule has 0 spiro atoms. The minimum absolute atomic E-state index is 0.0671. The van der Waals surface area contributed by atoms with Crippen LogP contribution >= 0.6 is 0 Å². The minimum atomic E-state index is -0.825. The number of hydrogen-bond donors (Lipinski definition) is 2. The van der Waals surface area contributed by atoms with Gasteiger partial charge in [-0.15, -0.1) is 0 Å². The Hall–Kier alpha value is -2.04. The third-order valence-electron chi connectivity index (χ3n) is 3.93. The second-order valence-corrected chi connectivity index (χ2v) is 5.85. The van der Waals surface area contributed by atoms with Gasteiger partial charge in [-0.2, -0.15) is 0 Å². The zero-order valence-electron chi connectivity index (χ0n) is 12.5. The van der Waals surface area contributed by atoms with Crippen molar-refractivity contribution in [2.75, 3.05) is 13.1 Å². The van der Waals surface area contributed by atoms with Crippen LogP contribution in [0.15, 0.2) is 30.3 Å². The van der Waals surface area contributed by atoms with Gasteiger partial charge in [0.2, 0.25) is 0 Å². The number of nitrogens with one attached hydrogen (secondary N) is 1. The summed E-state index contributed by atoms with van der Waals surface area (Å²) in [4.78, 5) is 24.9. The summed E-state index contributed by atoms with van der Waals surface area (Å²) < 4.78 is 0. The maximum atomic E-state index is 12.3. The van der Waals surface area contributed by atoms with Crippen molar-refractivity contribution in [3.63, 3.8) is 0 Å². The van der Waals surface area contributed by atoms with Crippen LogP contribution in [0.2, 0.25) is 0 Å². The van der Waals surface area contributed by atoms with Crippen LogP contribution in [0.4, 0.5) is 4.79 Å². The van der Waals surface area contributed by atoms with E-state index in [1.807, 2.05) is 30.3 Å². The fourth-order valence-corrected chi connectivity index (χ4v) is 2.67. The molecule has 0 radical (unpaired) electrons. The lowest BCUT2D eigenvalue weighted by molar-refractivity contribution is -0.141. The Morgan fingerprint density at radius 2 is 1.95 bits per heavy atom. The molecule has 2 rings (SSSR count). The van der Waals surface area contributed by atoms with Crippen LogP contribution in [0.5, 0.6) is 0 Å². The molecule has 2 unspecified atom stereocenters. The van der Waals surface area contributed by atoms with Crippen molar-refractivity contribution >= 4 is 12.0 Å². The van der Waals surface area contributed by atoms with Crippen molar-refractivity contribution < 1.29 is 14.7 Å². The molecule has 0 saturated carbocycles. The Kier molecular flexibility index (Phi) is 4.83. The minimum Gasteiger partial charge on any atom is -0.481 e. The second kappa shape index (κ2) is 6.61. The molecule has 0 bridgehead atoms. The molecule has 1 aromatic rings. The Labute approximate surface area is 125 Å². The number of carboxylic acids is 1. The largest absolute Gasteiger partial charge is 0.481 e. The molecule has 1 heterocycles. The molecule has 0 aromatic heterocycles. The molecule has 0 aliphatic carbocycles. The lowest BCUT2D eigenvalue weighted by Gasteiger charge is -2.26. The molecule has 1 aliphatic rings. The van der Waals surface area contributed by atoms with Crippen molar-refractivity contribution in [1.29, 1.82) is 0 Å². The van der Waals surface area contributed by atoms with E-state index in [2.05, 4.69) is 19.2 Å². The monoisotopic (exact) mass is 290 g/mol. The van der Waals surface area contributed by atoms with Crippen LogP contribution < -0.4 is 5.32 Å². The highest BCUT2D eigenvalue weighted by Gasteiger charge is 2.32. The van der Waals surface area contributed by atoms with E-state index in [0.29, 0.717) is 19.5 Å². The van der Waals surface area contributed by atoms with E-state index in [1.165, 1.54) is 0 Å². The average Bonchev–Trinajstić information content (AvgIpc) is 2.95. The highest BCUT2D eigenvalue weighted by Crippen LogP contribution is 2.23. The highest BCUT2D eigenvalue weighted by molar-refractivity contribution is 5.77. The molecule has 1 saturated heterocycles. The number of rotatable bonds is 4. The number of likely N-dealkylation sites (tertiary alicyclic amines) is 1. The van der Waals surface area contributed by atoms with Gasteiger partial charge >= 0.3 is 12.0 Å². The smallest absolute Gasteiger partial charge is 0.317 e. The van der Waals surface area contributed by atoms with E-state index in [-0.39, 0.29) is 18.0 Å². The van der Waals surface area contributed by atoms with Crippen LogP contribution in [0.3, 0.4) is 0 Å². The number of aliphatic carboxylic acids is 1. The first-order valence-electron chi connectivity index (χ1n) is 7.32. The molecule has 1 aromatic carbocycles. The maximum absolute atomic E-state index is 12.3. The van der Waals surface area contributed by atoms with E-state index in [4.69, 9.17) is 5.11 Å². The van der Waals surface area contributed by atoms with Crippen LogP contribution in [0, 0.1) is 11.8 Å². The number of carbonyl (C=O) groups excluding carboxylic acids is 1. The topological polar surface area (TPSA) is 69.6 Å². The van der Waals surface area contributed by atoms with E-state index in [9.17, 15) is 9.59 Å². The van der Waals surface area contributed by atoms with E-state index in [1.54, 1.807) is 4.90 Å². The number of hydrogen-bond acceptors (Lipinski definition) is 2. The quantitative estimate of drug-likeness (QED) is 0.895. The molecule has 21 heavy (non-hydrogen) atoms. The Bertz CT molecular complexity index is 502. The molecule has 2 N–H and O–H groups in total. The van der Waals surface area contributed by atoms with Gasteiger partial charge in [0, 0.05) is 13.1 Å². The van der Waals surface area contributed by atoms with Gasteiger partial charge in [-0.1, -0.05) is 44.2 Å². The lowest BCUT2D eigenvalue weighted by Crippen LogP contribution is -2.42. The molecule has 1 aliphatic heterocycles. The SMILES string of the molecule is CC(C)C(NC(=O)N1CCC(C(=O)O)C1)c1ccccc1. The Morgan fingerprint density at radius 1 is 1.29 bits per heavy atom. The molecule has 1 fully saturated rings. The van der Waals surface area contributed by atoms with Gasteiger partial charge in [-0.3, -0.25) is 4.79 Å². The summed E-state index contributed by atoms with van der Waals surface area (Å²) in [5.41, 5.74) is 1.06. The summed E-state index contributed by atoms with van der Waals surface area (Å²) in [7, 11) is 0. The van der Waals surface area contributed by atoms with Crippen LogP contribution in [-0.4, -0.2) is 35.1 Å². The van der Waals surface area contributed by atoms with E-state index in [0.717, 1.165) is 5.56 Å².